The second kappa shape index (κ2) is 30.0. The zero-order chi connectivity index (χ0) is 71.8. The molecule has 2 amide bonds. The van der Waals surface area contributed by atoms with E-state index >= 15 is 0 Å². The molecule has 8 heterocycles. The van der Waals surface area contributed by atoms with Gasteiger partial charge in [-0.1, -0.05) is 128 Å². The molecule has 7 aromatic rings. The summed E-state index contributed by atoms with van der Waals surface area (Å²) in [5, 5.41) is 7.32. The molecule has 2 aromatic heterocycles. The monoisotopic (exact) mass is 1390 g/mol. The van der Waals surface area contributed by atoms with Gasteiger partial charge in [0.25, 0.3) is 11.1 Å². The first-order valence-corrected chi connectivity index (χ1v) is 36.5. The van der Waals surface area contributed by atoms with E-state index in [0.29, 0.717) is 76.6 Å². The number of amides is 2. The molecule has 0 radical (unpaired) electrons. The lowest BCUT2D eigenvalue weighted by atomic mass is 9.74. The summed E-state index contributed by atoms with van der Waals surface area (Å²) >= 11 is 0. The Balaban J connectivity index is 0.563. The minimum Gasteiger partial charge on any atom is -0.491 e. The van der Waals surface area contributed by atoms with Gasteiger partial charge in [-0.05, 0) is 108 Å². The third kappa shape index (κ3) is 16.4. The number of hydrogen-bond donors (Lipinski definition) is 4. The Morgan fingerprint density at radius 1 is 0.520 bits per heavy atom. The van der Waals surface area contributed by atoms with E-state index in [0.717, 1.165) is 97.7 Å². The number of aromatic amines is 2. The first-order chi connectivity index (χ1) is 48.7. The first kappa shape index (κ1) is 72.4. The van der Waals surface area contributed by atoms with Crippen LogP contribution in [-0.4, -0.2) is 196 Å². The van der Waals surface area contributed by atoms with E-state index in [9.17, 15) is 28.0 Å². The molecule has 18 nitrogen and oxygen atoms in total. The molecule has 4 saturated heterocycles. The Labute approximate surface area is 599 Å². The fourth-order valence-corrected chi connectivity index (χ4v) is 16.0. The molecule has 0 bridgehead atoms. The average Bonchev–Trinajstić information content (AvgIpc) is 1.58. The lowest BCUT2D eigenvalue weighted by Gasteiger charge is -2.43. The Bertz CT molecular complexity index is 3950. The van der Waals surface area contributed by atoms with Gasteiger partial charge in [0.05, 0.1) is 37.7 Å². The number of ether oxygens (including phenoxy) is 4. The number of carbonyl (C=O) groups is 2. The molecule has 6 atom stereocenters. The van der Waals surface area contributed by atoms with Crippen LogP contribution in [0.3, 0.4) is 0 Å². The Kier molecular flexibility index (Phi) is 21.3. The Hall–Kier alpha value is -7.92. The van der Waals surface area contributed by atoms with Gasteiger partial charge in [-0.2, -0.15) is 0 Å². The van der Waals surface area contributed by atoms with Gasteiger partial charge in [-0.3, -0.25) is 38.8 Å². The van der Waals surface area contributed by atoms with Crippen molar-refractivity contribution in [3.8, 4) is 11.5 Å². The zero-order valence-electron chi connectivity index (χ0n) is 61.0. The number of rotatable bonds is 22. The van der Waals surface area contributed by atoms with Crippen LogP contribution in [-0.2, 0) is 53.6 Å². The fourth-order valence-electron chi connectivity index (χ4n) is 16.0. The summed E-state index contributed by atoms with van der Waals surface area (Å²) in [6, 6.07) is 42.6. The molecule has 5 aromatic carbocycles. The molecule has 0 aliphatic carbocycles. The highest BCUT2D eigenvalue weighted by atomic mass is 19.1. The van der Waals surface area contributed by atoms with Crippen molar-refractivity contribution < 1.29 is 37.3 Å². The van der Waals surface area contributed by atoms with E-state index in [4.69, 9.17) is 18.9 Å². The summed E-state index contributed by atoms with van der Waals surface area (Å²) in [4.78, 5) is 75.0. The number of carbonyl (C=O) groups excluding carboxylic acids is 2. The normalized spacial score (nSPS) is 22.7. The van der Waals surface area contributed by atoms with Crippen LogP contribution < -0.4 is 41.0 Å². The molecule has 20 heteroatoms. The number of H-pyrrole nitrogens is 2. The topological polar surface area (TPSA) is 180 Å². The molecule has 6 aliphatic rings. The van der Waals surface area contributed by atoms with Crippen LogP contribution in [0.4, 0.5) is 20.2 Å². The third-order valence-electron chi connectivity index (χ3n) is 22.3. The smallest absolute Gasteiger partial charge is 0.251 e. The van der Waals surface area contributed by atoms with Crippen molar-refractivity contribution in [3.05, 3.63) is 222 Å². The van der Waals surface area contributed by atoms with Crippen molar-refractivity contribution in [2.75, 3.05) is 128 Å². The number of aromatic nitrogens is 2. The number of benzene rings is 5. The highest BCUT2D eigenvalue weighted by molar-refractivity contribution is 5.98. The summed E-state index contributed by atoms with van der Waals surface area (Å²) < 4.78 is 52.8. The molecular formula is C82H102F2N10O8. The van der Waals surface area contributed by atoms with Crippen molar-refractivity contribution >= 4 is 23.2 Å². The van der Waals surface area contributed by atoms with Gasteiger partial charge < -0.3 is 49.3 Å². The quantitative estimate of drug-likeness (QED) is 0.0504. The molecule has 0 spiro atoms. The number of piperazine rings is 2. The highest BCUT2D eigenvalue weighted by Crippen LogP contribution is 2.42. The highest BCUT2D eigenvalue weighted by Gasteiger charge is 2.44. The molecule has 13 rings (SSSR count). The molecule has 0 saturated carbocycles. The molecule has 6 aliphatic heterocycles. The standard InChI is InChI=1S/C82H102F2N10O8/c1-53-41-91(47-73(95)93-51-79(3,4)75-71(93)37-57(77(97)87-75)35-55-11-23-63(83)24-12-55)65(39-85-53)43-89-31-33-99-69(45-89)49-101-67-27-19-61(20-28-67)81(7,8)59-15-17-60(18-16-59)82(9,10)62-21-29-68(30-22-62)102-50-70-46-90(32-34-100-70)44-66-40-86-54(2)42-92(66)48-74(96)94-52-80(5,6)76-72(94)38-58(78(98)88-76)36-56-13-25-64(84)26-14-56/h11-30,37-38,53-54,65-66,69-70,85-86H,31-36,39-52H2,1-10H3,(H,87,97)(H,88,98)/t53-,54-,65-,66-,69+,70+/m1/s1. The lowest BCUT2D eigenvalue weighted by Crippen LogP contribution is -2.61. The summed E-state index contributed by atoms with van der Waals surface area (Å²) in [6.07, 6.45) is 0.428. The number of nitrogens with one attached hydrogen (secondary N) is 4. The second-order valence-electron chi connectivity index (χ2n) is 31.9. The number of halogens is 2. The van der Waals surface area contributed by atoms with Gasteiger partial charge in [0.15, 0.2) is 0 Å². The first-order valence-electron chi connectivity index (χ1n) is 36.5. The van der Waals surface area contributed by atoms with Gasteiger partial charge in [-0.25, -0.2) is 8.78 Å². The van der Waals surface area contributed by atoms with E-state index in [1.807, 2.05) is 21.9 Å². The third-order valence-corrected chi connectivity index (χ3v) is 22.3. The van der Waals surface area contributed by atoms with Gasteiger partial charge >= 0.3 is 0 Å². The minimum atomic E-state index is -0.437. The molecule has 0 unspecified atom stereocenters. The minimum absolute atomic E-state index is 0.00112. The number of anilines is 2. The largest absolute Gasteiger partial charge is 0.491 e. The van der Waals surface area contributed by atoms with Crippen LogP contribution in [0.1, 0.15) is 125 Å². The Morgan fingerprint density at radius 2 is 0.873 bits per heavy atom. The summed E-state index contributed by atoms with van der Waals surface area (Å²) in [7, 11) is 0. The van der Waals surface area contributed by atoms with Crippen molar-refractivity contribution in [3.63, 3.8) is 0 Å². The lowest BCUT2D eigenvalue weighted by molar-refractivity contribution is -0.121. The van der Waals surface area contributed by atoms with Gasteiger partial charge in [0.2, 0.25) is 11.8 Å². The van der Waals surface area contributed by atoms with Crippen LogP contribution in [0.5, 0.6) is 11.5 Å². The summed E-state index contributed by atoms with van der Waals surface area (Å²) in [5.41, 5.74) is 8.71. The van der Waals surface area contributed by atoms with Crippen molar-refractivity contribution in [2.45, 2.75) is 140 Å². The van der Waals surface area contributed by atoms with Gasteiger partial charge in [0.1, 0.15) is 48.6 Å². The van der Waals surface area contributed by atoms with Crippen molar-refractivity contribution in [1.29, 1.82) is 0 Å². The van der Waals surface area contributed by atoms with Crippen molar-refractivity contribution in [2.24, 2.45) is 0 Å². The van der Waals surface area contributed by atoms with E-state index < -0.39 is 10.8 Å². The second-order valence-corrected chi connectivity index (χ2v) is 31.9. The van der Waals surface area contributed by atoms with Crippen LogP contribution in [0.2, 0.25) is 0 Å². The number of pyridine rings is 2. The predicted molar refractivity (Wildman–Crippen MR) is 396 cm³/mol. The van der Waals surface area contributed by atoms with E-state index in [1.54, 1.807) is 24.3 Å². The molecule has 4 N–H and O–H groups in total. The molecule has 4 fully saturated rings. The van der Waals surface area contributed by atoms with E-state index in [1.165, 1.54) is 46.5 Å². The number of fused-ring (bicyclic) bond motifs is 2. The maximum Gasteiger partial charge on any atom is 0.251 e. The maximum atomic E-state index is 14.4. The summed E-state index contributed by atoms with van der Waals surface area (Å²) in [5.74, 6) is 0.926. The maximum absolute atomic E-state index is 14.4. The number of hydrogen-bond acceptors (Lipinski definition) is 14. The predicted octanol–water partition coefficient (Wildman–Crippen LogP) is 9.31. The Morgan fingerprint density at radius 3 is 1.24 bits per heavy atom. The van der Waals surface area contributed by atoms with Crippen LogP contribution in [0, 0.1) is 11.6 Å². The van der Waals surface area contributed by atoms with E-state index in [-0.39, 0.29) is 94.9 Å². The van der Waals surface area contributed by atoms with Crippen LogP contribution in [0.15, 0.2) is 143 Å². The SMILES string of the molecule is C[C@@H]1CN(CC(=O)N2CC(C)(C)c3[nH]c(=O)c(Cc4ccc(F)cc4)cc32)[C@@H](CN2CCO[C@H](COc3ccc(C(C)(C)c4ccc(C(C)(C)c5ccc(OC[C@@H]6CN(C[C@H]7CN[C@H](C)CN7CC(=O)N7CC(C)(C)c8[nH]c(=O)c(Cc9ccc(F)cc9)cc87)CCO6)cc5)cc4)cc3)C2)CN1. The molecular weight excluding hydrogens is 1290 g/mol. The van der Waals surface area contributed by atoms with Gasteiger partial charge in [0, 0.05) is 160 Å². The zero-order valence-corrected chi connectivity index (χ0v) is 61.0. The van der Waals surface area contributed by atoms with Crippen LogP contribution in [0.25, 0.3) is 0 Å². The molecule has 102 heavy (non-hydrogen) atoms. The molecule has 542 valence electrons. The average molecular weight is 1390 g/mol. The summed E-state index contributed by atoms with van der Waals surface area (Å²) in [6.45, 7) is 32.6. The number of nitrogens with zero attached hydrogens (tertiary/aromatic N) is 6. The van der Waals surface area contributed by atoms with Crippen LogP contribution >= 0.6 is 0 Å². The van der Waals surface area contributed by atoms with E-state index in [2.05, 4.69) is 182 Å². The number of morpholine rings is 2. The van der Waals surface area contributed by atoms with Gasteiger partial charge in [-0.15, -0.1) is 0 Å². The van der Waals surface area contributed by atoms with Crippen molar-refractivity contribution in [1.82, 2.24) is 40.2 Å². The fraction of sp³-hybridized carbons (Fsp3) is 0.488.